The quantitative estimate of drug-likeness (QED) is 0.662. The first-order valence-electron chi connectivity index (χ1n) is 5.14. The van der Waals surface area contributed by atoms with E-state index in [2.05, 4.69) is 37.3 Å². The smallest absolute Gasteiger partial charge is 0.0287 e. The average molecular weight is 232 g/mol. The molecular weight excluding hydrogens is 220 g/mol. The lowest BCUT2D eigenvalue weighted by Crippen LogP contribution is -1.95. The van der Waals surface area contributed by atoms with Gasteiger partial charge in [0.25, 0.3) is 0 Å². The minimum Gasteiger partial charge on any atom is -0.124 e. The van der Waals surface area contributed by atoms with Gasteiger partial charge in [0.1, 0.15) is 0 Å². The van der Waals surface area contributed by atoms with Crippen molar-refractivity contribution in [3.05, 3.63) is 35.9 Å². The molecule has 0 radical (unpaired) electrons. The average Bonchev–Trinajstić information content (AvgIpc) is 2.30. The fraction of sp³-hybridized carbons (Fsp3) is 0.231. The molecule has 0 aromatic heterocycles. The third-order valence-corrected chi connectivity index (χ3v) is 5.32. The van der Waals surface area contributed by atoms with Gasteiger partial charge in [0.05, 0.1) is 0 Å². The molecule has 0 fully saturated rings. The Labute approximate surface area is 98.4 Å². The zero-order chi connectivity index (χ0) is 10.3. The molecule has 1 heterocycles. The zero-order valence-corrected chi connectivity index (χ0v) is 10.3. The van der Waals surface area contributed by atoms with Crippen LogP contribution in [0.3, 0.4) is 0 Å². The van der Waals surface area contributed by atoms with Crippen LogP contribution in [0.4, 0.5) is 0 Å². The van der Waals surface area contributed by atoms with Gasteiger partial charge in [-0.1, -0.05) is 24.3 Å². The summed E-state index contributed by atoms with van der Waals surface area (Å²) in [6.45, 7) is 2.21. The lowest BCUT2D eigenvalue weighted by Gasteiger charge is -2.18. The number of aryl methyl sites for hydroxylation is 1. The first-order valence-corrected chi connectivity index (χ1v) is 7.11. The zero-order valence-electron chi connectivity index (χ0n) is 8.62. The summed E-state index contributed by atoms with van der Waals surface area (Å²) in [5, 5.41) is 2.84. The van der Waals surface area contributed by atoms with Crippen LogP contribution in [0.1, 0.15) is 5.56 Å². The van der Waals surface area contributed by atoms with Crippen molar-refractivity contribution >= 4 is 34.3 Å². The van der Waals surface area contributed by atoms with Crippen LogP contribution in [0.2, 0.25) is 0 Å². The maximum absolute atomic E-state index is 2.34. The van der Waals surface area contributed by atoms with Gasteiger partial charge in [-0.05, 0) is 29.3 Å². The Morgan fingerprint density at radius 3 is 2.60 bits per heavy atom. The van der Waals surface area contributed by atoms with Crippen LogP contribution in [-0.4, -0.2) is 11.5 Å². The van der Waals surface area contributed by atoms with Crippen LogP contribution >= 0.6 is 23.5 Å². The number of thioether (sulfide) groups is 2. The van der Waals surface area contributed by atoms with E-state index < -0.39 is 0 Å². The second-order valence-corrected chi connectivity index (χ2v) is 6.01. The predicted octanol–water partition coefficient (Wildman–Crippen LogP) is 4.35. The maximum Gasteiger partial charge on any atom is 0.0287 e. The summed E-state index contributed by atoms with van der Waals surface area (Å²) in [6, 6.07) is 11.1. The third-order valence-electron chi connectivity index (χ3n) is 2.76. The Morgan fingerprint density at radius 1 is 1.00 bits per heavy atom. The van der Waals surface area contributed by atoms with Gasteiger partial charge < -0.3 is 0 Å². The van der Waals surface area contributed by atoms with Gasteiger partial charge in [0.2, 0.25) is 0 Å². The first-order chi connectivity index (χ1) is 7.36. The molecule has 1 aliphatic heterocycles. The molecule has 0 unspecified atom stereocenters. The van der Waals surface area contributed by atoms with E-state index in [0.29, 0.717) is 0 Å². The second-order valence-electron chi connectivity index (χ2n) is 3.76. The van der Waals surface area contributed by atoms with Crippen LogP contribution in [0, 0.1) is 6.92 Å². The van der Waals surface area contributed by atoms with Crippen LogP contribution in [0.15, 0.2) is 40.1 Å². The maximum atomic E-state index is 2.34. The highest BCUT2D eigenvalue weighted by Crippen LogP contribution is 2.42. The van der Waals surface area contributed by atoms with Gasteiger partial charge in [-0.25, -0.2) is 0 Å². The lowest BCUT2D eigenvalue weighted by molar-refractivity contribution is 1.24. The number of fused-ring (bicyclic) bond motifs is 3. The van der Waals surface area contributed by atoms with Crippen molar-refractivity contribution in [2.75, 3.05) is 11.5 Å². The highest BCUT2D eigenvalue weighted by atomic mass is 32.2. The number of hydrogen-bond donors (Lipinski definition) is 0. The fourth-order valence-electron chi connectivity index (χ4n) is 2.05. The van der Waals surface area contributed by atoms with E-state index in [1.165, 1.54) is 37.6 Å². The fourth-order valence-corrected chi connectivity index (χ4v) is 4.53. The molecule has 0 aliphatic carbocycles. The highest BCUT2D eigenvalue weighted by molar-refractivity contribution is 8.05. The molecule has 0 nitrogen and oxygen atoms in total. The van der Waals surface area contributed by atoms with E-state index >= 15 is 0 Å². The van der Waals surface area contributed by atoms with Crippen LogP contribution < -0.4 is 0 Å². The molecule has 0 atom stereocenters. The molecule has 2 aromatic rings. The molecular formula is C13H12S2. The minimum absolute atomic E-state index is 1.24. The number of benzene rings is 2. The van der Waals surface area contributed by atoms with Crippen molar-refractivity contribution < 1.29 is 0 Å². The summed E-state index contributed by atoms with van der Waals surface area (Å²) in [5.41, 5.74) is 1.40. The van der Waals surface area contributed by atoms with Crippen LogP contribution in [-0.2, 0) is 0 Å². The van der Waals surface area contributed by atoms with Gasteiger partial charge in [0, 0.05) is 21.3 Å². The third kappa shape index (κ3) is 1.56. The Balaban J connectivity index is 2.39. The van der Waals surface area contributed by atoms with Gasteiger partial charge >= 0.3 is 0 Å². The largest absolute Gasteiger partial charge is 0.124 e. The van der Waals surface area contributed by atoms with Gasteiger partial charge in [0.15, 0.2) is 0 Å². The van der Waals surface area contributed by atoms with E-state index in [4.69, 9.17) is 0 Å². The molecule has 0 spiro atoms. The summed E-state index contributed by atoms with van der Waals surface area (Å²) >= 11 is 4.00. The molecule has 2 heteroatoms. The van der Waals surface area contributed by atoms with E-state index in [1.807, 2.05) is 23.5 Å². The van der Waals surface area contributed by atoms with Gasteiger partial charge in [-0.3, -0.25) is 0 Å². The molecule has 1 aliphatic rings. The molecule has 0 saturated carbocycles. The summed E-state index contributed by atoms with van der Waals surface area (Å²) in [6.07, 6.45) is 0. The monoisotopic (exact) mass is 232 g/mol. The topological polar surface area (TPSA) is 0 Å². The molecule has 0 N–H and O–H groups in total. The summed E-state index contributed by atoms with van der Waals surface area (Å²) in [5.74, 6) is 2.49. The molecule has 15 heavy (non-hydrogen) atoms. The predicted molar refractivity (Wildman–Crippen MR) is 70.1 cm³/mol. The SMILES string of the molecule is Cc1cc2c(c3ccccc13)SCCS2. The Hall–Kier alpha value is -0.600. The van der Waals surface area contributed by atoms with Gasteiger partial charge in [-0.2, -0.15) is 0 Å². The van der Waals surface area contributed by atoms with Crippen molar-refractivity contribution in [1.82, 2.24) is 0 Å². The summed E-state index contributed by atoms with van der Waals surface area (Å²) < 4.78 is 0. The molecule has 0 amide bonds. The van der Waals surface area contributed by atoms with Gasteiger partial charge in [-0.15, -0.1) is 23.5 Å². The van der Waals surface area contributed by atoms with E-state index in [9.17, 15) is 0 Å². The highest BCUT2D eigenvalue weighted by Gasteiger charge is 2.14. The Morgan fingerprint density at radius 2 is 1.73 bits per heavy atom. The number of hydrogen-bond acceptors (Lipinski definition) is 2. The van der Waals surface area contributed by atoms with E-state index in [-0.39, 0.29) is 0 Å². The van der Waals surface area contributed by atoms with Crippen molar-refractivity contribution in [2.24, 2.45) is 0 Å². The van der Waals surface area contributed by atoms with Crippen LogP contribution in [0.5, 0.6) is 0 Å². The van der Waals surface area contributed by atoms with Crippen LogP contribution in [0.25, 0.3) is 10.8 Å². The summed E-state index contributed by atoms with van der Waals surface area (Å²) in [4.78, 5) is 2.97. The van der Waals surface area contributed by atoms with E-state index in [0.717, 1.165) is 0 Å². The number of rotatable bonds is 0. The molecule has 76 valence electrons. The lowest BCUT2D eigenvalue weighted by atomic mass is 10.1. The molecule has 3 rings (SSSR count). The first kappa shape index (κ1) is 9.61. The van der Waals surface area contributed by atoms with Crippen molar-refractivity contribution in [3.63, 3.8) is 0 Å². The van der Waals surface area contributed by atoms with Crippen molar-refractivity contribution in [3.8, 4) is 0 Å². The second kappa shape index (κ2) is 3.76. The normalized spacial score (nSPS) is 15.3. The molecule has 2 aromatic carbocycles. The Kier molecular flexibility index (Phi) is 2.41. The minimum atomic E-state index is 1.24. The summed E-state index contributed by atoms with van der Waals surface area (Å²) in [7, 11) is 0. The Bertz CT molecular complexity index is 517. The standard InChI is InChI=1S/C13H12S2/c1-9-8-12-13(15-7-6-14-12)11-5-3-2-4-10(9)11/h2-5,8H,6-7H2,1H3. The van der Waals surface area contributed by atoms with E-state index in [1.54, 1.807) is 0 Å². The van der Waals surface area contributed by atoms with Crippen molar-refractivity contribution in [2.45, 2.75) is 16.7 Å². The molecule has 0 saturated heterocycles. The van der Waals surface area contributed by atoms with Crippen molar-refractivity contribution in [1.29, 1.82) is 0 Å². The molecule has 0 bridgehead atoms.